The Bertz CT molecular complexity index is 492. The maximum absolute atomic E-state index is 2.70. The van der Waals surface area contributed by atoms with Crippen LogP contribution in [0.3, 0.4) is 0 Å². The first-order valence-electron chi connectivity index (χ1n) is 6.95. The van der Waals surface area contributed by atoms with Crippen molar-refractivity contribution in [1.29, 1.82) is 0 Å². The first-order chi connectivity index (χ1) is 8.45. The molecule has 1 heterocycles. The van der Waals surface area contributed by atoms with E-state index in [1.807, 2.05) is 0 Å². The van der Waals surface area contributed by atoms with Crippen molar-refractivity contribution in [2.24, 2.45) is 23.7 Å². The van der Waals surface area contributed by atoms with Gasteiger partial charge in [-0.1, -0.05) is 30.4 Å². The molecule has 6 atom stereocenters. The smallest absolute Gasteiger partial charge is 0.0534 e. The molecular formula is C16H17N. The summed E-state index contributed by atoms with van der Waals surface area (Å²) in [5.41, 5.74) is 1.46. The number of benzene rings is 1. The van der Waals surface area contributed by atoms with Crippen molar-refractivity contribution in [3.05, 3.63) is 42.5 Å². The molecule has 2 bridgehead atoms. The zero-order valence-electron chi connectivity index (χ0n) is 9.87. The second-order valence-electron chi connectivity index (χ2n) is 6.19. The molecule has 2 saturated carbocycles. The van der Waals surface area contributed by atoms with Gasteiger partial charge in [-0.05, 0) is 48.6 Å². The second kappa shape index (κ2) is 2.77. The predicted octanol–water partition coefficient (Wildman–Crippen LogP) is 3.09. The number of allylic oxidation sites excluding steroid dienone is 2. The van der Waals surface area contributed by atoms with Gasteiger partial charge in [0.1, 0.15) is 0 Å². The van der Waals surface area contributed by atoms with Gasteiger partial charge in [0.05, 0.1) is 12.1 Å². The number of piperidine rings is 1. The van der Waals surface area contributed by atoms with E-state index in [1.165, 1.54) is 18.5 Å². The third-order valence-electron chi connectivity index (χ3n) is 5.68. The van der Waals surface area contributed by atoms with E-state index in [0.29, 0.717) is 0 Å². The van der Waals surface area contributed by atoms with Gasteiger partial charge in [0.25, 0.3) is 0 Å². The van der Waals surface area contributed by atoms with Gasteiger partial charge < -0.3 is 4.90 Å². The first kappa shape index (κ1) is 8.79. The Morgan fingerprint density at radius 2 is 1.76 bits per heavy atom. The summed E-state index contributed by atoms with van der Waals surface area (Å²) >= 11 is 0. The van der Waals surface area contributed by atoms with E-state index < -0.39 is 0 Å². The Labute approximate surface area is 102 Å². The summed E-state index contributed by atoms with van der Waals surface area (Å²) in [6.45, 7) is 0. The minimum atomic E-state index is 0.881. The summed E-state index contributed by atoms with van der Waals surface area (Å²) in [4.78, 5) is 2.70. The Morgan fingerprint density at radius 1 is 0.941 bits per heavy atom. The third kappa shape index (κ3) is 0.933. The number of hydrogen-bond acceptors (Lipinski definition) is 1. The molecule has 17 heavy (non-hydrogen) atoms. The minimum absolute atomic E-state index is 0.881. The van der Waals surface area contributed by atoms with Crippen LogP contribution in [-0.2, 0) is 0 Å². The molecule has 1 aromatic carbocycles. The van der Waals surface area contributed by atoms with Gasteiger partial charge in [0.15, 0.2) is 0 Å². The Kier molecular flexibility index (Phi) is 1.43. The van der Waals surface area contributed by atoms with Crippen molar-refractivity contribution in [3.63, 3.8) is 0 Å². The minimum Gasteiger partial charge on any atom is -0.361 e. The van der Waals surface area contributed by atoms with E-state index in [9.17, 15) is 0 Å². The third-order valence-corrected chi connectivity index (χ3v) is 5.68. The quantitative estimate of drug-likeness (QED) is 0.522. The van der Waals surface area contributed by atoms with Gasteiger partial charge in [0, 0.05) is 5.69 Å². The zero-order chi connectivity index (χ0) is 11.0. The molecule has 1 aromatic rings. The van der Waals surface area contributed by atoms with E-state index in [1.54, 1.807) is 0 Å². The molecule has 3 fully saturated rings. The summed E-state index contributed by atoms with van der Waals surface area (Å²) in [6.07, 6.45) is 7.83. The van der Waals surface area contributed by atoms with Gasteiger partial charge in [-0.25, -0.2) is 0 Å². The lowest BCUT2D eigenvalue weighted by Crippen LogP contribution is -2.23. The molecule has 0 N–H and O–H groups in total. The van der Waals surface area contributed by atoms with Crippen molar-refractivity contribution in [3.8, 4) is 0 Å². The number of fused-ring (bicyclic) bond motifs is 8. The van der Waals surface area contributed by atoms with Gasteiger partial charge in [-0.2, -0.15) is 0 Å². The fourth-order valence-electron chi connectivity index (χ4n) is 5.15. The molecule has 5 rings (SSSR count). The largest absolute Gasteiger partial charge is 0.361 e. The standard InChI is InChI=1S/C16H17N/c1-2-5-10(6-3-1)17-15-13-9-14(16(15)17)12-8-4-7-11(12)13/h1-7,11-16H,8-9H2/t11-,12+,13-,14+,15-,16+,17?/m0/s1. The summed E-state index contributed by atoms with van der Waals surface area (Å²) < 4.78 is 0. The molecule has 0 amide bonds. The van der Waals surface area contributed by atoms with Crippen molar-refractivity contribution in [2.75, 3.05) is 4.90 Å². The highest BCUT2D eigenvalue weighted by atomic mass is 15.4. The van der Waals surface area contributed by atoms with Crippen LogP contribution in [0.1, 0.15) is 12.8 Å². The van der Waals surface area contributed by atoms with Crippen molar-refractivity contribution in [2.45, 2.75) is 24.9 Å². The number of anilines is 1. The number of para-hydroxylation sites is 1. The van der Waals surface area contributed by atoms with Crippen LogP contribution in [0.5, 0.6) is 0 Å². The summed E-state index contributed by atoms with van der Waals surface area (Å²) in [5, 5.41) is 0. The summed E-state index contributed by atoms with van der Waals surface area (Å²) in [5.74, 6) is 3.88. The molecule has 3 aliphatic carbocycles. The summed E-state index contributed by atoms with van der Waals surface area (Å²) in [6, 6.07) is 12.8. The predicted molar refractivity (Wildman–Crippen MR) is 68.8 cm³/mol. The molecule has 1 nitrogen and oxygen atoms in total. The van der Waals surface area contributed by atoms with Crippen LogP contribution in [0.2, 0.25) is 0 Å². The van der Waals surface area contributed by atoms with Crippen LogP contribution >= 0.6 is 0 Å². The molecule has 86 valence electrons. The first-order valence-corrected chi connectivity index (χ1v) is 6.95. The number of nitrogens with zero attached hydrogens (tertiary/aromatic N) is 1. The van der Waals surface area contributed by atoms with Gasteiger partial charge >= 0.3 is 0 Å². The van der Waals surface area contributed by atoms with E-state index in [-0.39, 0.29) is 0 Å². The average molecular weight is 223 g/mol. The topological polar surface area (TPSA) is 3.01 Å². The fourth-order valence-corrected chi connectivity index (χ4v) is 5.15. The lowest BCUT2D eigenvalue weighted by atomic mass is 9.82. The molecule has 1 aliphatic heterocycles. The lowest BCUT2D eigenvalue weighted by Gasteiger charge is -2.21. The highest BCUT2D eigenvalue weighted by Crippen LogP contribution is 2.66. The molecule has 0 aromatic heterocycles. The number of rotatable bonds is 1. The Morgan fingerprint density at radius 3 is 2.65 bits per heavy atom. The second-order valence-corrected chi connectivity index (χ2v) is 6.19. The van der Waals surface area contributed by atoms with Crippen LogP contribution in [0.4, 0.5) is 5.69 Å². The highest BCUT2D eigenvalue weighted by Gasteiger charge is 2.69. The van der Waals surface area contributed by atoms with Crippen molar-refractivity contribution >= 4 is 5.69 Å². The molecule has 4 aliphatic rings. The maximum atomic E-state index is 2.70. The molecule has 0 unspecified atom stereocenters. The van der Waals surface area contributed by atoms with Gasteiger partial charge in [-0.3, -0.25) is 0 Å². The summed E-state index contributed by atoms with van der Waals surface area (Å²) in [7, 11) is 0. The van der Waals surface area contributed by atoms with Gasteiger partial charge in [-0.15, -0.1) is 0 Å². The zero-order valence-corrected chi connectivity index (χ0v) is 9.87. The van der Waals surface area contributed by atoms with Crippen LogP contribution in [0.25, 0.3) is 0 Å². The Balaban J connectivity index is 1.51. The molecule has 1 saturated heterocycles. The van der Waals surface area contributed by atoms with Crippen LogP contribution in [0, 0.1) is 23.7 Å². The van der Waals surface area contributed by atoms with E-state index in [2.05, 4.69) is 47.4 Å². The van der Waals surface area contributed by atoms with Crippen molar-refractivity contribution < 1.29 is 0 Å². The molecular weight excluding hydrogens is 206 g/mol. The van der Waals surface area contributed by atoms with Crippen LogP contribution in [-0.4, -0.2) is 12.1 Å². The monoisotopic (exact) mass is 223 g/mol. The van der Waals surface area contributed by atoms with Gasteiger partial charge in [0.2, 0.25) is 0 Å². The van der Waals surface area contributed by atoms with Crippen molar-refractivity contribution in [1.82, 2.24) is 0 Å². The van der Waals surface area contributed by atoms with Crippen LogP contribution in [0.15, 0.2) is 42.5 Å². The molecule has 0 radical (unpaired) electrons. The fraction of sp³-hybridized carbons (Fsp3) is 0.500. The maximum Gasteiger partial charge on any atom is 0.0534 e. The average Bonchev–Trinajstić information content (AvgIpc) is 2.73. The highest BCUT2D eigenvalue weighted by molar-refractivity contribution is 5.60. The van der Waals surface area contributed by atoms with Crippen LogP contribution < -0.4 is 4.90 Å². The Hall–Kier alpha value is -1.24. The molecule has 0 spiro atoms. The van der Waals surface area contributed by atoms with E-state index >= 15 is 0 Å². The lowest BCUT2D eigenvalue weighted by molar-refractivity contribution is 0.319. The SMILES string of the molecule is C1=C[C@H]2[C@@H](C1)[C@H]1C[C@@H]2[C@H]2[C@@H]1N2c1ccccc1. The normalized spacial score (nSPS) is 48.4. The van der Waals surface area contributed by atoms with E-state index in [4.69, 9.17) is 0 Å². The molecule has 1 heteroatoms. The van der Waals surface area contributed by atoms with E-state index in [0.717, 1.165) is 35.8 Å². The number of hydrogen-bond donors (Lipinski definition) is 0.